The fraction of sp³-hybridized carbons (Fsp3) is 0.250. The molecule has 11 heavy (non-hydrogen) atoms. The van der Waals surface area contributed by atoms with Crippen molar-refractivity contribution in [3.05, 3.63) is 35.9 Å². The van der Waals surface area contributed by atoms with Gasteiger partial charge >= 0.3 is 0 Å². The maximum absolute atomic E-state index is 8.69. The summed E-state index contributed by atoms with van der Waals surface area (Å²) in [7, 11) is 0. The molecule has 1 atom stereocenters. The van der Waals surface area contributed by atoms with Crippen molar-refractivity contribution in [3.8, 4) is 0 Å². The molecule has 3 heteroatoms. The van der Waals surface area contributed by atoms with Crippen molar-refractivity contribution < 1.29 is 15.3 Å². The van der Waals surface area contributed by atoms with Gasteiger partial charge in [0.2, 0.25) is 0 Å². The van der Waals surface area contributed by atoms with Gasteiger partial charge in [-0.2, -0.15) is 0 Å². The van der Waals surface area contributed by atoms with E-state index in [2.05, 4.69) is 4.89 Å². The van der Waals surface area contributed by atoms with Crippen LogP contribution in [0.3, 0.4) is 0 Å². The Labute approximate surface area is 64.8 Å². The third-order valence-corrected chi connectivity index (χ3v) is 1.46. The van der Waals surface area contributed by atoms with Crippen molar-refractivity contribution >= 4 is 0 Å². The van der Waals surface area contributed by atoms with Gasteiger partial charge < -0.3 is 5.11 Å². The van der Waals surface area contributed by atoms with Crippen LogP contribution in [0.4, 0.5) is 0 Å². The van der Waals surface area contributed by atoms with Gasteiger partial charge in [-0.25, -0.2) is 4.89 Å². The smallest absolute Gasteiger partial charge is 0.141 e. The lowest BCUT2D eigenvalue weighted by Crippen LogP contribution is -2.05. The average Bonchev–Trinajstić information content (AvgIpc) is 2.09. The summed E-state index contributed by atoms with van der Waals surface area (Å²) in [5, 5.41) is 17.0. The highest BCUT2D eigenvalue weighted by molar-refractivity contribution is 5.17. The Morgan fingerprint density at radius 1 is 1.27 bits per heavy atom. The monoisotopic (exact) mass is 154 g/mol. The van der Waals surface area contributed by atoms with Gasteiger partial charge in [0.25, 0.3) is 0 Å². The summed E-state index contributed by atoms with van der Waals surface area (Å²) in [6.07, 6.45) is -0.629. The summed E-state index contributed by atoms with van der Waals surface area (Å²) in [5.41, 5.74) is 0.762. The van der Waals surface area contributed by atoms with E-state index in [1.54, 1.807) is 12.1 Å². The van der Waals surface area contributed by atoms with Crippen LogP contribution in [0.15, 0.2) is 30.3 Å². The zero-order chi connectivity index (χ0) is 8.10. The van der Waals surface area contributed by atoms with Crippen LogP contribution in [0.2, 0.25) is 0 Å². The van der Waals surface area contributed by atoms with Crippen molar-refractivity contribution in [2.75, 3.05) is 6.61 Å². The maximum Gasteiger partial charge on any atom is 0.141 e. The first kappa shape index (κ1) is 8.20. The van der Waals surface area contributed by atoms with E-state index in [0.29, 0.717) is 0 Å². The van der Waals surface area contributed by atoms with Gasteiger partial charge in [0.15, 0.2) is 0 Å². The lowest BCUT2D eigenvalue weighted by molar-refractivity contribution is -0.288. The molecule has 0 saturated heterocycles. The maximum atomic E-state index is 8.69. The molecular weight excluding hydrogens is 144 g/mol. The molecule has 0 aliphatic carbocycles. The van der Waals surface area contributed by atoms with E-state index in [1.165, 1.54) is 0 Å². The van der Waals surface area contributed by atoms with E-state index in [4.69, 9.17) is 10.4 Å². The van der Waals surface area contributed by atoms with Gasteiger partial charge in [-0.1, -0.05) is 30.3 Å². The molecule has 0 amide bonds. The lowest BCUT2D eigenvalue weighted by Gasteiger charge is -2.08. The Hall–Kier alpha value is -0.900. The highest BCUT2D eigenvalue weighted by Gasteiger charge is 2.08. The Morgan fingerprint density at radius 2 is 1.91 bits per heavy atom. The Balaban J connectivity index is 2.74. The number of aliphatic hydroxyl groups is 1. The van der Waals surface area contributed by atoms with Crippen LogP contribution in [0, 0.1) is 0 Å². The van der Waals surface area contributed by atoms with Crippen LogP contribution in [-0.4, -0.2) is 17.0 Å². The van der Waals surface area contributed by atoms with Crippen molar-refractivity contribution in [2.45, 2.75) is 6.10 Å². The summed E-state index contributed by atoms with van der Waals surface area (Å²) in [4.78, 5) is 4.04. The molecule has 0 spiro atoms. The van der Waals surface area contributed by atoms with E-state index in [1.807, 2.05) is 18.2 Å². The molecule has 0 aromatic heterocycles. The second kappa shape index (κ2) is 4.08. The summed E-state index contributed by atoms with van der Waals surface area (Å²) in [6.45, 7) is -0.222. The predicted molar refractivity (Wildman–Crippen MR) is 40.0 cm³/mol. The van der Waals surface area contributed by atoms with Crippen LogP contribution >= 0.6 is 0 Å². The third-order valence-electron chi connectivity index (χ3n) is 1.46. The second-order valence-electron chi connectivity index (χ2n) is 2.19. The molecule has 0 saturated carbocycles. The fourth-order valence-electron chi connectivity index (χ4n) is 0.867. The molecule has 1 aromatic rings. The van der Waals surface area contributed by atoms with E-state index in [0.717, 1.165) is 5.56 Å². The van der Waals surface area contributed by atoms with Crippen LogP contribution in [0.5, 0.6) is 0 Å². The Kier molecular flexibility index (Phi) is 3.04. The van der Waals surface area contributed by atoms with Crippen molar-refractivity contribution in [2.24, 2.45) is 0 Å². The molecule has 60 valence electrons. The molecule has 1 rings (SSSR count). The minimum absolute atomic E-state index is 0.222. The third kappa shape index (κ3) is 2.01. The minimum atomic E-state index is -0.629. The van der Waals surface area contributed by atoms with Crippen molar-refractivity contribution in [1.29, 1.82) is 0 Å². The number of aliphatic hydroxyl groups excluding tert-OH is 1. The van der Waals surface area contributed by atoms with Crippen LogP contribution in [0.25, 0.3) is 0 Å². The molecule has 0 radical (unpaired) electrons. The molecule has 1 aromatic carbocycles. The first-order valence-electron chi connectivity index (χ1n) is 3.34. The molecule has 3 nitrogen and oxygen atoms in total. The molecule has 2 N–H and O–H groups in total. The van der Waals surface area contributed by atoms with Crippen molar-refractivity contribution in [1.82, 2.24) is 0 Å². The Bertz CT molecular complexity index is 194. The molecule has 0 unspecified atom stereocenters. The summed E-state index contributed by atoms with van der Waals surface area (Å²) >= 11 is 0. The standard InChI is InChI=1S/C8H10O3/c9-6-8(11-10)7-4-2-1-3-5-7/h1-5,8-10H,6H2/t8-/m0/s1. The highest BCUT2D eigenvalue weighted by Crippen LogP contribution is 2.13. The molecule has 0 fully saturated rings. The normalized spacial score (nSPS) is 12.9. The zero-order valence-corrected chi connectivity index (χ0v) is 5.97. The SMILES string of the molecule is OC[C@H](OO)c1ccccc1. The van der Waals surface area contributed by atoms with Crippen LogP contribution in [-0.2, 0) is 4.89 Å². The zero-order valence-electron chi connectivity index (χ0n) is 5.97. The van der Waals surface area contributed by atoms with Gasteiger partial charge in [-0.05, 0) is 5.56 Å². The van der Waals surface area contributed by atoms with E-state index in [-0.39, 0.29) is 6.61 Å². The number of hydrogen-bond donors (Lipinski definition) is 2. The van der Waals surface area contributed by atoms with Gasteiger partial charge in [0, 0.05) is 0 Å². The van der Waals surface area contributed by atoms with E-state index in [9.17, 15) is 0 Å². The Morgan fingerprint density at radius 3 is 2.36 bits per heavy atom. The van der Waals surface area contributed by atoms with Crippen LogP contribution < -0.4 is 0 Å². The molecule has 0 heterocycles. The summed E-state index contributed by atoms with van der Waals surface area (Å²) < 4.78 is 0. The number of hydrogen-bond acceptors (Lipinski definition) is 3. The first-order valence-corrected chi connectivity index (χ1v) is 3.34. The predicted octanol–water partition coefficient (Wildman–Crippen LogP) is 1.21. The molecule has 0 aliphatic heterocycles. The molecular formula is C8H10O3. The second-order valence-corrected chi connectivity index (χ2v) is 2.19. The molecule has 0 aliphatic rings. The van der Waals surface area contributed by atoms with Crippen molar-refractivity contribution in [3.63, 3.8) is 0 Å². The van der Waals surface area contributed by atoms with Gasteiger partial charge in [0.05, 0.1) is 6.61 Å². The van der Waals surface area contributed by atoms with Crippen LogP contribution in [0.1, 0.15) is 11.7 Å². The minimum Gasteiger partial charge on any atom is -0.393 e. The van der Waals surface area contributed by atoms with Gasteiger partial charge in [-0.15, -0.1) is 0 Å². The summed E-state index contributed by atoms with van der Waals surface area (Å²) in [6, 6.07) is 9.04. The summed E-state index contributed by atoms with van der Waals surface area (Å²) in [5.74, 6) is 0. The molecule has 0 bridgehead atoms. The highest BCUT2D eigenvalue weighted by atomic mass is 17.1. The average molecular weight is 154 g/mol. The largest absolute Gasteiger partial charge is 0.393 e. The fourth-order valence-corrected chi connectivity index (χ4v) is 0.867. The van der Waals surface area contributed by atoms with E-state index >= 15 is 0 Å². The lowest BCUT2D eigenvalue weighted by atomic mass is 10.1. The topological polar surface area (TPSA) is 49.7 Å². The number of rotatable bonds is 3. The number of benzene rings is 1. The first-order chi connectivity index (χ1) is 5.38. The van der Waals surface area contributed by atoms with E-state index < -0.39 is 6.10 Å². The van der Waals surface area contributed by atoms with Gasteiger partial charge in [-0.3, -0.25) is 5.26 Å². The van der Waals surface area contributed by atoms with Gasteiger partial charge in [0.1, 0.15) is 6.10 Å². The quantitative estimate of drug-likeness (QED) is 0.508.